The number of alkyl halides is 3. The number of fused-ring (bicyclic) bond motifs is 1. The molecule has 5 rings (SSSR count). The van der Waals surface area contributed by atoms with Crippen LogP contribution in [0.5, 0.6) is 11.8 Å². The topological polar surface area (TPSA) is 196 Å². The Morgan fingerprint density at radius 2 is 1.84 bits per heavy atom. The fraction of sp³-hybridized carbons (Fsp3) is 0.643. The molecule has 19 heteroatoms. The zero-order valence-corrected chi connectivity index (χ0v) is 36.2. The summed E-state index contributed by atoms with van der Waals surface area (Å²) in [6, 6.07) is 2.79. The molecule has 4 N–H and O–H groups in total. The summed E-state index contributed by atoms with van der Waals surface area (Å²) in [5, 5.41) is 3.23. The van der Waals surface area contributed by atoms with Gasteiger partial charge in [-0.25, -0.2) is 17.6 Å². The molecule has 0 spiro atoms. The van der Waals surface area contributed by atoms with Crippen molar-refractivity contribution in [1.29, 1.82) is 0 Å². The van der Waals surface area contributed by atoms with Crippen LogP contribution in [-0.2, 0) is 29.1 Å². The first-order valence-electron chi connectivity index (χ1n) is 20.7. The van der Waals surface area contributed by atoms with E-state index in [0.29, 0.717) is 69.6 Å². The average Bonchev–Trinajstić information content (AvgIpc) is 3.55. The van der Waals surface area contributed by atoms with Crippen LogP contribution < -0.4 is 25.2 Å². The van der Waals surface area contributed by atoms with Gasteiger partial charge in [-0.3, -0.25) is 19.1 Å². The third-order valence-corrected chi connectivity index (χ3v) is 14.5. The highest BCUT2D eigenvalue weighted by atomic mass is 32.2. The van der Waals surface area contributed by atoms with Gasteiger partial charge >= 0.3 is 12.3 Å². The number of hydrogen-bond acceptors (Lipinski definition) is 10. The maximum Gasteiger partial charge on any atom is 0.427 e. The number of sulfonamides is 1. The van der Waals surface area contributed by atoms with E-state index in [1.807, 2.05) is 19.1 Å². The molecular formula is C42H57F4N5O9S. The van der Waals surface area contributed by atoms with E-state index in [4.69, 9.17) is 19.9 Å². The molecule has 1 aliphatic heterocycles. The highest BCUT2D eigenvalue weighted by Crippen LogP contribution is 2.43. The molecule has 2 heterocycles. The number of rotatable bonds is 18. The first kappa shape index (κ1) is 47.4. The van der Waals surface area contributed by atoms with Crippen molar-refractivity contribution in [2.75, 3.05) is 13.7 Å². The standard InChI is InChI=1S/C42H57F4N5O9S/c1-7-25(19-24(2)11-8-9-12-26-13-10-14-30(26)36(53)50-61(56,57)41(5)17-18-41)34(49-39(55)60-40(3,4)42(44,45)46)38(54)51-23-29(22-32(51)35(47)52)59-37-31-16-15-28(43)20-27(31)21-33(48-37)58-6/h9,12,15-16,20-21,24-26,29-30,32,34H,7-8,10-11,13-14,17-19,22-23H2,1-6H3,(H2,47,52)(H,49,55)(H,50,53)/b12-9-/t24-,25-,26-,29-,30?,32+,34+/m1/s1. The van der Waals surface area contributed by atoms with Gasteiger partial charge in [0.25, 0.3) is 0 Å². The summed E-state index contributed by atoms with van der Waals surface area (Å²) in [5.41, 5.74) is 2.89. The zero-order valence-electron chi connectivity index (χ0n) is 35.3. The molecule has 2 aliphatic carbocycles. The van der Waals surface area contributed by atoms with Crippen molar-refractivity contribution < 1.29 is 59.4 Å². The number of allylic oxidation sites excluding steroid dienone is 2. The zero-order chi connectivity index (χ0) is 45.1. The van der Waals surface area contributed by atoms with E-state index in [1.165, 1.54) is 31.4 Å². The van der Waals surface area contributed by atoms with Crippen molar-refractivity contribution in [3.05, 3.63) is 42.2 Å². The van der Waals surface area contributed by atoms with Crippen LogP contribution in [0, 0.1) is 29.5 Å². The number of hydrogen-bond donors (Lipinski definition) is 3. The predicted molar refractivity (Wildman–Crippen MR) is 217 cm³/mol. The summed E-state index contributed by atoms with van der Waals surface area (Å²) in [5.74, 6) is -3.81. The first-order valence-corrected chi connectivity index (χ1v) is 22.2. The van der Waals surface area contributed by atoms with Crippen LogP contribution in [0.25, 0.3) is 10.8 Å². The number of ether oxygens (including phenoxy) is 3. The monoisotopic (exact) mass is 883 g/mol. The summed E-state index contributed by atoms with van der Waals surface area (Å²) >= 11 is 0. The van der Waals surface area contributed by atoms with Gasteiger partial charge in [-0.2, -0.15) is 18.2 Å². The Morgan fingerprint density at radius 3 is 2.46 bits per heavy atom. The van der Waals surface area contributed by atoms with Crippen molar-refractivity contribution in [2.24, 2.45) is 29.4 Å². The molecule has 4 amide bonds. The van der Waals surface area contributed by atoms with E-state index in [0.717, 1.165) is 17.7 Å². The third kappa shape index (κ3) is 11.2. The smallest absolute Gasteiger partial charge is 0.427 e. The van der Waals surface area contributed by atoms with Crippen LogP contribution in [0.2, 0.25) is 0 Å². The Balaban J connectivity index is 1.30. The lowest BCUT2D eigenvalue weighted by Crippen LogP contribution is -2.57. The lowest BCUT2D eigenvalue weighted by molar-refractivity contribution is -0.244. The lowest BCUT2D eigenvalue weighted by atomic mass is 9.84. The van der Waals surface area contributed by atoms with Gasteiger partial charge in [0.15, 0.2) is 0 Å². The van der Waals surface area contributed by atoms with Crippen molar-refractivity contribution >= 4 is 44.6 Å². The fourth-order valence-electron chi connectivity index (χ4n) is 8.07. The number of halogens is 4. The van der Waals surface area contributed by atoms with E-state index < -0.39 is 86.2 Å². The number of amides is 4. The van der Waals surface area contributed by atoms with Crippen molar-refractivity contribution in [1.82, 2.24) is 19.9 Å². The highest BCUT2D eigenvalue weighted by Gasteiger charge is 2.53. The number of alkyl carbamates (subject to hydrolysis) is 1. The van der Waals surface area contributed by atoms with Crippen molar-refractivity contribution in [3.8, 4) is 11.8 Å². The Morgan fingerprint density at radius 1 is 1.13 bits per heavy atom. The molecule has 1 aromatic carbocycles. The molecule has 7 atom stereocenters. The Hall–Kier alpha value is -4.68. The maximum absolute atomic E-state index is 14.5. The van der Waals surface area contributed by atoms with Gasteiger partial charge in [0.1, 0.15) is 24.0 Å². The van der Waals surface area contributed by atoms with E-state index in [2.05, 4.69) is 15.0 Å². The summed E-state index contributed by atoms with van der Waals surface area (Å²) in [7, 11) is -2.39. The van der Waals surface area contributed by atoms with E-state index >= 15 is 0 Å². The second kappa shape index (κ2) is 18.7. The Labute approximate surface area is 353 Å². The van der Waals surface area contributed by atoms with E-state index in [-0.39, 0.29) is 36.6 Å². The first-order chi connectivity index (χ1) is 28.5. The number of nitrogens with one attached hydrogen (secondary N) is 2. The molecule has 61 heavy (non-hydrogen) atoms. The second-order valence-electron chi connectivity index (χ2n) is 17.4. The maximum atomic E-state index is 14.5. The largest absolute Gasteiger partial charge is 0.481 e. The summed E-state index contributed by atoms with van der Waals surface area (Å²) in [6.07, 6.45) is 1.44. The minimum atomic E-state index is -4.92. The van der Waals surface area contributed by atoms with Gasteiger partial charge in [-0.05, 0) is 107 Å². The number of aromatic nitrogens is 1. The molecule has 2 saturated carbocycles. The highest BCUT2D eigenvalue weighted by molar-refractivity contribution is 7.91. The van der Waals surface area contributed by atoms with Gasteiger partial charge in [-0.15, -0.1) is 0 Å². The predicted octanol–water partition coefficient (Wildman–Crippen LogP) is 6.46. The molecule has 1 saturated heterocycles. The fourth-order valence-corrected chi connectivity index (χ4v) is 9.38. The number of nitrogens with two attached hydrogens (primary N) is 1. The molecule has 1 unspecified atom stereocenters. The SMILES string of the molecule is CC[C@H](C[C@H](C)CC/C=C\[C@@H]1CCCC1C(=O)NS(=O)(=O)C1(C)CC1)[C@H](NC(=O)OC(C)(C)C(F)(F)F)C(=O)N1C[C@H](Oc2nc(OC)cc3cc(F)ccc23)C[C@H]1C(N)=O. The van der Waals surface area contributed by atoms with Crippen LogP contribution in [-0.4, -0.2) is 90.5 Å². The number of methoxy groups -OCH3 is 1. The minimum absolute atomic E-state index is 0.0430. The van der Waals surface area contributed by atoms with E-state index in [1.54, 1.807) is 13.8 Å². The van der Waals surface area contributed by atoms with Crippen LogP contribution >= 0.6 is 0 Å². The van der Waals surface area contributed by atoms with Gasteiger partial charge in [0.2, 0.25) is 45.1 Å². The van der Waals surface area contributed by atoms with Crippen LogP contribution in [0.4, 0.5) is 22.4 Å². The quantitative estimate of drug-likeness (QED) is 0.111. The summed E-state index contributed by atoms with van der Waals surface area (Å²) < 4.78 is 98.3. The Bertz CT molecular complexity index is 2100. The van der Waals surface area contributed by atoms with Gasteiger partial charge in [0, 0.05) is 23.8 Å². The molecule has 2 aromatic rings. The normalized spacial score (nSPS) is 23.0. The van der Waals surface area contributed by atoms with Gasteiger partial charge in [0.05, 0.1) is 18.4 Å². The molecule has 0 radical (unpaired) electrons. The minimum Gasteiger partial charge on any atom is -0.481 e. The van der Waals surface area contributed by atoms with Crippen LogP contribution in [0.3, 0.4) is 0 Å². The number of carbonyl (C=O) groups is 4. The number of primary amides is 1. The van der Waals surface area contributed by atoms with Crippen LogP contribution in [0.1, 0.15) is 98.8 Å². The van der Waals surface area contributed by atoms with Gasteiger partial charge in [-0.1, -0.05) is 38.8 Å². The number of nitrogens with zero attached hydrogens (tertiary/aromatic N) is 2. The third-order valence-electron chi connectivity index (χ3n) is 12.3. The van der Waals surface area contributed by atoms with E-state index in [9.17, 15) is 45.2 Å². The molecule has 3 aliphatic rings. The Kier molecular flexibility index (Phi) is 14.6. The molecule has 1 aromatic heterocycles. The lowest BCUT2D eigenvalue weighted by Gasteiger charge is -2.34. The second-order valence-corrected chi connectivity index (χ2v) is 19.6. The van der Waals surface area contributed by atoms with Gasteiger partial charge < -0.3 is 30.2 Å². The summed E-state index contributed by atoms with van der Waals surface area (Å²) in [6.45, 7) is 6.48. The van der Waals surface area contributed by atoms with Crippen LogP contribution in [0.15, 0.2) is 36.4 Å². The molecule has 0 bridgehead atoms. The van der Waals surface area contributed by atoms with Crippen molar-refractivity contribution in [2.45, 2.75) is 134 Å². The number of pyridine rings is 1. The number of benzene rings is 1. The number of carbonyl (C=O) groups excluding carboxylic acids is 4. The summed E-state index contributed by atoms with van der Waals surface area (Å²) in [4.78, 5) is 59.0. The molecule has 338 valence electrons. The molecule has 3 fully saturated rings. The average molecular weight is 884 g/mol. The van der Waals surface area contributed by atoms with Crippen molar-refractivity contribution in [3.63, 3.8) is 0 Å². The molecule has 14 nitrogen and oxygen atoms in total. The molecular weight excluding hydrogens is 827 g/mol. The number of likely N-dealkylation sites (tertiary alicyclic amines) is 1.